The Labute approximate surface area is 132 Å². The third-order valence-corrected chi connectivity index (χ3v) is 3.88. The number of hydrogen-bond acceptors (Lipinski definition) is 2. The maximum atomic E-state index is 5.97. The number of likely N-dealkylation sites (N-methyl/N-ethyl adjacent to an activating group) is 1. The summed E-state index contributed by atoms with van der Waals surface area (Å²) >= 11 is 5.97. The van der Waals surface area contributed by atoms with Crippen LogP contribution in [0.4, 0.5) is 0 Å². The quantitative estimate of drug-likeness (QED) is 0.866. The molecule has 1 atom stereocenters. The minimum Gasteiger partial charge on any atom is -0.311 e. The summed E-state index contributed by atoms with van der Waals surface area (Å²) in [7, 11) is 4.21. The van der Waals surface area contributed by atoms with Gasteiger partial charge in [-0.25, -0.2) is 0 Å². The van der Waals surface area contributed by atoms with Crippen LogP contribution in [0.2, 0.25) is 5.02 Å². The lowest BCUT2D eigenvalue weighted by Crippen LogP contribution is -2.30. The fourth-order valence-corrected chi connectivity index (χ4v) is 2.58. The number of rotatable bonds is 6. The van der Waals surface area contributed by atoms with Crippen molar-refractivity contribution in [2.45, 2.75) is 19.5 Å². The maximum absolute atomic E-state index is 5.97. The van der Waals surface area contributed by atoms with Crippen molar-refractivity contribution in [1.82, 2.24) is 10.2 Å². The van der Waals surface area contributed by atoms with Crippen molar-refractivity contribution in [2.75, 3.05) is 20.6 Å². The van der Waals surface area contributed by atoms with Crippen LogP contribution in [-0.4, -0.2) is 25.5 Å². The van der Waals surface area contributed by atoms with Crippen molar-refractivity contribution < 1.29 is 0 Å². The van der Waals surface area contributed by atoms with Crippen molar-refractivity contribution in [3.63, 3.8) is 0 Å². The molecule has 0 aromatic heterocycles. The van der Waals surface area contributed by atoms with E-state index in [1.165, 1.54) is 16.7 Å². The molecule has 2 nitrogen and oxygen atoms in total. The molecular formula is C18H23ClN2. The average Bonchev–Trinajstić information content (AvgIpc) is 2.45. The Morgan fingerprint density at radius 1 is 1.10 bits per heavy atom. The fraction of sp³-hybridized carbons (Fsp3) is 0.333. The second kappa shape index (κ2) is 7.60. The van der Waals surface area contributed by atoms with Crippen LogP contribution < -0.4 is 5.32 Å². The predicted molar refractivity (Wildman–Crippen MR) is 90.8 cm³/mol. The molecule has 0 fully saturated rings. The van der Waals surface area contributed by atoms with Crippen molar-refractivity contribution in [3.05, 3.63) is 70.2 Å². The number of benzene rings is 2. The zero-order chi connectivity index (χ0) is 15.2. The molecule has 2 rings (SSSR count). The van der Waals surface area contributed by atoms with Gasteiger partial charge in [0.2, 0.25) is 0 Å². The van der Waals surface area contributed by atoms with Crippen LogP contribution in [0, 0.1) is 6.92 Å². The summed E-state index contributed by atoms with van der Waals surface area (Å²) in [6.45, 7) is 3.92. The van der Waals surface area contributed by atoms with Gasteiger partial charge in [0, 0.05) is 24.2 Å². The van der Waals surface area contributed by atoms with E-state index in [-0.39, 0.29) is 0 Å². The van der Waals surface area contributed by atoms with Gasteiger partial charge in [-0.15, -0.1) is 0 Å². The molecule has 2 aromatic rings. The van der Waals surface area contributed by atoms with Crippen LogP contribution in [-0.2, 0) is 6.54 Å². The van der Waals surface area contributed by atoms with Gasteiger partial charge < -0.3 is 10.2 Å². The fourth-order valence-electron chi connectivity index (χ4n) is 2.46. The third kappa shape index (κ3) is 4.85. The lowest BCUT2D eigenvalue weighted by molar-refractivity contribution is 0.288. The van der Waals surface area contributed by atoms with E-state index >= 15 is 0 Å². The molecule has 112 valence electrons. The Morgan fingerprint density at radius 3 is 2.43 bits per heavy atom. The number of nitrogens with zero attached hydrogens (tertiary/aromatic N) is 1. The highest BCUT2D eigenvalue weighted by Crippen LogP contribution is 2.20. The molecule has 0 saturated carbocycles. The van der Waals surface area contributed by atoms with Crippen molar-refractivity contribution >= 4 is 11.6 Å². The number of halogens is 1. The lowest BCUT2D eigenvalue weighted by atomic mass is 10.1. The van der Waals surface area contributed by atoms with E-state index in [2.05, 4.69) is 67.6 Å². The summed E-state index contributed by atoms with van der Waals surface area (Å²) in [6, 6.07) is 17.1. The molecule has 3 heteroatoms. The van der Waals surface area contributed by atoms with E-state index in [0.717, 1.165) is 18.1 Å². The second-order valence-corrected chi connectivity index (χ2v) is 6.09. The molecule has 0 amide bonds. The van der Waals surface area contributed by atoms with Crippen LogP contribution in [0.25, 0.3) is 0 Å². The number of nitrogens with one attached hydrogen (secondary N) is 1. The second-order valence-electron chi connectivity index (χ2n) is 5.65. The van der Waals surface area contributed by atoms with Gasteiger partial charge in [0.15, 0.2) is 0 Å². The van der Waals surface area contributed by atoms with Gasteiger partial charge in [0.1, 0.15) is 0 Å². The van der Waals surface area contributed by atoms with Gasteiger partial charge in [-0.1, -0.05) is 53.6 Å². The summed E-state index contributed by atoms with van der Waals surface area (Å²) in [5.74, 6) is 0. The van der Waals surface area contributed by atoms with Crippen LogP contribution in [0.3, 0.4) is 0 Å². The molecule has 1 unspecified atom stereocenters. The summed E-state index contributed by atoms with van der Waals surface area (Å²) in [5, 5.41) is 4.33. The first-order chi connectivity index (χ1) is 10.1. The SMILES string of the molecule is Cc1cccc(CNCC(c2ccc(Cl)cc2)N(C)C)c1. The third-order valence-electron chi connectivity index (χ3n) is 3.63. The lowest BCUT2D eigenvalue weighted by Gasteiger charge is -2.25. The van der Waals surface area contributed by atoms with E-state index in [4.69, 9.17) is 11.6 Å². The molecular weight excluding hydrogens is 280 g/mol. The van der Waals surface area contributed by atoms with E-state index in [1.54, 1.807) is 0 Å². The smallest absolute Gasteiger partial charge is 0.0466 e. The van der Waals surface area contributed by atoms with Crippen LogP contribution in [0.1, 0.15) is 22.7 Å². The minimum absolute atomic E-state index is 0.340. The molecule has 0 bridgehead atoms. The zero-order valence-corrected chi connectivity index (χ0v) is 13.7. The Hall–Kier alpha value is -1.35. The Morgan fingerprint density at radius 2 is 1.81 bits per heavy atom. The largest absolute Gasteiger partial charge is 0.311 e. The summed E-state index contributed by atoms with van der Waals surface area (Å²) < 4.78 is 0. The molecule has 0 spiro atoms. The Balaban J connectivity index is 1.96. The molecule has 0 heterocycles. The highest BCUT2D eigenvalue weighted by Gasteiger charge is 2.13. The molecule has 0 aliphatic heterocycles. The van der Waals surface area contributed by atoms with Gasteiger partial charge in [0.25, 0.3) is 0 Å². The molecule has 0 radical (unpaired) electrons. The zero-order valence-electron chi connectivity index (χ0n) is 12.9. The van der Waals surface area contributed by atoms with Gasteiger partial charge in [-0.3, -0.25) is 0 Å². The van der Waals surface area contributed by atoms with E-state index in [1.807, 2.05) is 12.1 Å². The first-order valence-electron chi connectivity index (χ1n) is 7.24. The van der Waals surface area contributed by atoms with E-state index in [9.17, 15) is 0 Å². The van der Waals surface area contributed by atoms with E-state index in [0.29, 0.717) is 6.04 Å². The molecule has 21 heavy (non-hydrogen) atoms. The maximum Gasteiger partial charge on any atom is 0.0466 e. The molecule has 0 aliphatic rings. The average molecular weight is 303 g/mol. The van der Waals surface area contributed by atoms with Crippen LogP contribution in [0.15, 0.2) is 48.5 Å². The van der Waals surface area contributed by atoms with Crippen molar-refractivity contribution in [1.29, 1.82) is 0 Å². The normalized spacial score (nSPS) is 12.6. The summed E-state index contributed by atoms with van der Waals surface area (Å²) in [4.78, 5) is 2.23. The monoisotopic (exact) mass is 302 g/mol. The first kappa shape index (κ1) is 16.0. The number of hydrogen-bond donors (Lipinski definition) is 1. The van der Waals surface area contributed by atoms with Gasteiger partial charge >= 0.3 is 0 Å². The van der Waals surface area contributed by atoms with Gasteiger partial charge in [0.05, 0.1) is 0 Å². The van der Waals surface area contributed by atoms with Gasteiger partial charge in [-0.05, 0) is 44.3 Å². The Kier molecular flexibility index (Phi) is 5.80. The summed E-state index contributed by atoms with van der Waals surface area (Å²) in [5.41, 5.74) is 3.90. The topological polar surface area (TPSA) is 15.3 Å². The van der Waals surface area contributed by atoms with Crippen LogP contribution in [0.5, 0.6) is 0 Å². The van der Waals surface area contributed by atoms with Crippen molar-refractivity contribution in [3.8, 4) is 0 Å². The molecule has 0 saturated heterocycles. The Bertz CT molecular complexity index is 564. The van der Waals surface area contributed by atoms with Crippen molar-refractivity contribution in [2.24, 2.45) is 0 Å². The summed E-state index contributed by atoms with van der Waals surface area (Å²) in [6.07, 6.45) is 0. The molecule has 0 aliphatic carbocycles. The minimum atomic E-state index is 0.340. The highest BCUT2D eigenvalue weighted by molar-refractivity contribution is 6.30. The highest BCUT2D eigenvalue weighted by atomic mass is 35.5. The van der Waals surface area contributed by atoms with E-state index < -0.39 is 0 Å². The van der Waals surface area contributed by atoms with Gasteiger partial charge in [-0.2, -0.15) is 0 Å². The molecule has 2 aromatic carbocycles. The first-order valence-corrected chi connectivity index (χ1v) is 7.62. The predicted octanol–water partition coefficient (Wildman–Crippen LogP) is 4.04. The van der Waals surface area contributed by atoms with Crippen LogP contribution >= 0.6 is 11.6 Å². The number of aryl methyl sites for hydroxylation is 1. The standard InChI is InChI=1S/C18H23ClN2/c1-14-5-4-6-15(11-14)12-20-13-18(21(2)3)16-7-9-17(19)10-8-16/h4-11,18,20H,12-13H2,1-3H3. The molecule has 1 N–H and O–H groups in total.